The van der Waals surface area contributed by atoms with Gasteiger partial charge < -0.3 is 25.4 Å². The number of fused-ring (bicyclic) bond motifs is 3. The largest absolute Gasteiger partial charge is 0.390 e. The first kappa shape index (κ1) is 29.8. The number of carbonyl (C=O) groups excluding carboxylic acids is 3. The molecule has 0 spiro atoms. The number of rotatable bonds is 11. The first-order valence-electron chi connectivity index (χ1n) is 14.9. The number of thioether (sulfide) groups is 1. The van der Waals surface area contributed by atoms with Crippen LogP contribution in [0.5, 0.6) is 0 Å². The van der Waals surface area contributed by atoms with Crippen LogP contribution in [0, 0.1) is 11.8 Å². The summed E-state index contributed by atoms with van der Waals surface area (Å²) in [5.41, 5.74) is 3.46. The molecule has 41 heavy (non-hydrogen) atoms. The third kappa shape index (κ3) is 6.87. The Morgan fingerprint density at radius 3 is 2.63 bits per heavy atom. The predicted octanol–water partition coefficient (Wildman–Crippen LogP) is 4.84. The molecule has 0 saturated heterocycles. The number of nitrogens with zero attached hydrogens (tertiary/aromatic N) is 1. The zero-order chi connectivity index (χ0) is 29.2. The minimum Gasteiger partial charge on any atom is -0.390 e. The van der Waals surface area contributed by atoms with Crippen molar-refractivity contribution < 1.29 is 19.5 Å². The van der Waals surface area contributed by atoms with Gasteiger partial charge >= 0.3 is 0 Å². The average Bonchev–Trinajstić information content (AvgIpc) is 3.27. The summed E-state index contributed by atoms with van der Waals surface area (Å²) in [5, 5.41) is 17.5. The molecular formula is C33H43N3O4S. The van der Waals surface area contributed by atoms with Crippen LogP contribution >= 0.6 is 11.8 Å². The molecule has 2 bridgehead atoms. The summed E-state index contributed by atoms with van der Waals surface area (Å²) in [4.78, 5) is 39.2. The van der Waals surface area contributed by atoms with Crippen molar-refractivity contribution in [1.29, 1.82) is 0 Å². The summed E-state index contributed by atoms with van der Waals surface area (Å²) in [7, 11) is 1.57. The van der Waals surface area contributed by atoms with Gasteiger partial charge in [0.05, 0.1) is 11.6 Å². The zero-order valence-corrected chi connectivity index (χ0v) is 25.3. The van der Waals surface area contributed by atoms with Crippen molar-refractivity contribution in [1.82, 2.24) is 15.5 Å². The van der Waals surface area contributed by atoms with Crippen LogP contribution in [-0.4, -0.2) is 52.3 Å². The van der Waals surface area contributed by atoms with Gasteiger partial charge in [-0.15, -0.1) is 11.8 Å². The average molecular weight is 578 g/mol. The lowest BCUT2D eigenvalue weighted by atomic mass is 9.60. The van der Waals surface area contributed by atoms with E-state index in [9.17, 15) is 19.5 Å². The highest BCUT2D eigenvalue weighted by molar-refractivity contribution is 7.98. The van der Waals surface area contributed by atoms with Crippen molar-refractivity contribution in [2.75, 3.05) is 7.05 Å². The minimum atomic E-state index is -0.617. The van der Waals surface area contributed by atoms with Crippen molar-refractivity contribution >= 4 is 29.9 Å². The van der Waals surface area contributed by atoms with Crippen LogP contribution in [0.1, 0.15) is 85.8 Å². The minimum absolute atomic E-state index is 0.0450. The van der Waals surface area contributed by atoms with E-state index in [0.29, 0.717) is 30.4 Å². The first-order chi connectivity index (χ1) is 19.6. The summed E-state index contributed by atoms with van der Waals surface area (Å²) in [6.45, 7) is 5.71. The van der Waals surface area contributed by atoms with Crippen LogP contribution in [0.3, 0.4) is 0 Å². The van der Waals surface area contributed by atoms with E-state index < -0.39 is 11.6 Å². The molecule has 8 heteroatoms. The Labute approximate surface area is 247 Å². The summed E-state index contributed by atoms with van der Waals surface area (Å²) in [6, 6.07) is 13.8. The molecule has 0 radical (unpaired) electrons. The van der Waals surface area contributed by atoms with Crippen LogP contribution in [0.25, 0.3) is 0 Å². The third-order valence-corrected chi connectivity index (χ3v) is 10.4. The molecule has 2 saturated carbocycles. The monoisotopic (exact) mass is 577 g/mol. The van der Waals surface area contributed by atoms with Crippen LogP contribution in [0.15, 0.2) is 47.4 Å². The number of hydrogen-bond acceptors (Lipinski definition) is 6. The Balaban J connectivity index is 1.16. The fourth-order valence-corrected chi connectivity index (χ4v) is 8.57. The number of aldehydes is 1. The Kier molecular flexibility index (Phi) is 8.92. The van der Waals surface area contributed by atoms with E-state index in [4.69, 9.17) is 0 Å². The highest BCUT2D eigenvalue weighted by Crippen LogP contribution is 2.48. The number of benzene rings is 2. The molecule has 5 atom stereocenters. The van der Waals surface area contributed by atoms with E-state index >= 15 is 0 Å². The maximum Gasteiger partial charge on any atom is 0.255 e. The van der Waals surface area contributed by atoms with Gasteiger partial charge in [-0.1, -0.05) is 37.3 Å². The highest BCUT2D eigenvalue weighted by atomic mass is 32.2. The van der Waals surface area contributed by atoms with Crippen LogP contribution in [-0.2, 0) is 28.4 Å². The molecule has 1 aliphatic heterocycles. The quantitative estimate of drug-likeness (QED) is 0.261. The molecule has 3 aliphatic rings. The fourth-order valence-electron chi connectivity index (χ4n) is 7.54. The number of carbonyl (C=O) groups is 3. The standard InChI is InChI=1S/C33H43N3O4S/c1-22-13-25-15-32(2,21-33(40,14-22)16-25)35-17-23-7-9-24(10-8-23)20-41-29-6-4-5-27-28(29)18-36(31(27)39)26(19-37)11-12-30(38)34-3/h4-10,19,22,25-26,35,40H,11-18,20-21H2,1-3H3,(H,34,38). The van der Waals surface area contributed by atoms with Crippen molar-refractivity contribution in [3.05, 3.63) is 64.7 Å². The SMILES string of the molecule is CNC(=O)CCC(C=O)N1Cc2c(SCc3ccc(CNC4(C)CC5CC(C)CC(O)(C5)C4)cc3)cccc2C1=O. The van der Waals surface area contributed by atoms with Gasteiger partial charge in [-0.2, -0.15) is 0 Å². The second-order valence-electron chi connectivity index (χ2n) is 12.9. The van der Waals surface area contributed by atoms with E-state index in [1.165, 1.54) is 17.5 Å². The molecule has 5 rings (SSSR count). The molecule has 2 aromatic carbocycles. The molecule has 7 nitrogen and oxygen atoms in total. The Hall–Kier alpha value is -2.68. The maximum absolute atomic E-state index is 13.1. The van der Waals surface area contributed by atoms with Gasteiger partial charge in [0.25, 0.3) is 5.91 Å². The summed E-state index contributed by atoms with van der Waals surface area (Å²) < 4.78 is 0. The fraction of sp³-hybridized carbons (Fsp3) is 0.545. The second kappa shape index (κ2) is 12.3. The molecule has 2 aliphatic carbocycles. The topological polar surface area (TPSA) is 98.7 Å². The van der Waals surface area contributed by atoms with Crippen molar-refractivity contribution in [3.8, 4) is 0 Å². The van der Waals surface area contributed by atoms with Crippen LogP contribution in [0.2, 0.25) is 0 Å². The molecule has 1 heterocycles. The smallest absolute Gasteiger partial charge is 0.255 e. The van der Waals surface area contributed by atoms with Gasteiger partial charge in [0, 0.05) is 48.3 Å². The number of amides is 2. The lowest BCUT2D eigenvalue weighted by Gasteiger charge is -2.52. The van der Waals surface area contributed by atoms with Gasteiger partial charge in [0.2, 0.25) is 5.91 Å². The van der Waals surface area contributed by atoms with Gasteiger partial charge in [-0.25, -0.2) is 0 Å². The van der Waals surface area contributed by atoms with E-state index in [2.05, 4.69) is 48.7 Å². The van der Waals surface area contributed by atoms with Gasteiger partial charge in [0.15, 0.2) is 0 Å². The summed E-state index contributed by atoms with van der Waals surface area (Å²) in [6.07, 6.45) is 6.32. The summed E-state index contributed by atoms with van der Waals surface area (Å²) >= 11 is 1.70. The molecule has 2 fully saturated rings. The number of aliphatic hydroxyl groups is 1. The highest BCUT2D eigenvalue weighted by Gasteiger charge is 2.48. The molecule has 2 aromatic rings. The van der Waals surface area contributed by atoms with E-state index in [-0.39, 0.29) is 23.8 Å². The second-order valence-corrected chi connectivity index (χ2v) is 13.9. The maximum atomic E-state index is 13.1. The lowest BCUT2D eigenvalue weighted by Crippen LogP contribution is -2.57. The van der Waals surface area contributed by atoms with Crippen LogP contribution < -0.4 is 10.6 Å². The normalized spacial score (nSPS) is 27.8. The summed E-state index contributed by atoms with van der Waals surface area (Å²) in [5.74, 6) is 1.70. The Morgan fingerprint density at radius 1 is 1.17 bits per heavy atom. The van der Waals surface area contributed by atoms with Crippen LogP contribution in [0.4, 0.5) is 0 Å². The lowest BCUT2D eigenvalue weighted by molar-refractivity contribution is -0.121. The number of nitrogens with one attached hydrogen (secondary N) is 2. The van der Waals surface area contributed by atoms with E-state index in [0.717, 1.165) is 54.7 Å². The first-order valence-corrected chi connectivity index (χ1v) is 15.9. The number of hydrogen-bond donors (Lipinski definition) is 3. The Bertz CT molecular complexity index is 1280. The van der Waals surface area contributed by atoms with Gasteiger partial charge in [0.1, 0.15) is 6.29 Å². The Morgan fingerprint density at radius 2 is 1.93 bits per heavy atom. The van der Waals surface area contributed by atoms with Gasteiger partial charge in [-0.05, 0) is 86.1 Å². The van der Waals surface area contributed by atoms with E-state index in [1.54, 1.807) is 23.7 Å². The molecule has 5 unspecified atom stereocenters. The molecule has 3 N–H and O–H groups in total. The van der Waals surface area contributed by atoms with Crippen molar-refractivity contribution in [3.63, 3.8) is 0 Å². The molecule has 2 amide bonds. The van der Waals surface area contributed by atoms with Crippen molar-refractivity contribution in [2.45, 2.75) is 99.7 Å². The molecule has 220 valence electrons. The predicted molar refractivity (Wildman–Crippen MR) is 161 cm³/mol. The molecule has 0 aromatic heterocycles. The van der Waals surface area contributed by atoms with Gasteiger partial charge in [-0.3, -0.25) is 9.59 Å². The zero-order valence-electron chi connectivity index (χ0n) is 24.4. The van der Waals surface area contributed by atoms with E-state index in [1.807, 2.05) is 18.2 Å². The van der Waals surface area contributed by atoms with Crippen molar-refractivity contribution in [2.24, 2.45) is 11.8 Å². The molecular weight excluding hydrogens is 534 g/mol. The third-order valence-electron chi connectivity index (χ3n) is 9.18.